The highest BCUT2D eigenvalue weighted by Crippen LogP contribution is 2.64. The van der Waals surface area contributed by atoms with Crippen molar-refractivity contribution < 1.29 is 9.47 Å². The third-order valence-electron chi connectivity index (χ3n) is 7.23. The lowest BCUT2D eigenvalue weighted by Crippen LogP contribution is -2.71. The van der Waals surface area contributed by atoms with Crippen molar-refractivity contribution in [3.63, 3.8) is 0 Å². The molecule has 4 aliphatic rings. The molecule has 6 rings (SSSR count). The molecule has 4 atom stereocenters. The minimum atomic E-state index is -0.316. The second-order valence-electron chi connectivity index (χ2n) is 8.30. The standard InChI is InChI=1S/C23H25NO2/c1-2-8-17(9-3-1)18-16-23-20-11-4-5-12-21(20)26-22(24(23)14-15-25-23)13-7-6-10-19(18)22/h1-5,8-9,11-12,18-19H,6-7,10,13-16H2/t18-,19-,22+,23+/m1/s1. The van der Waals surface area contributed by atoms with E-state index >= 15 is 0 Å². The topological polar surface area (TPSA) is 21.7 Å². The van der Waals surface area contributed by atoms with E-state index in [-0.39, 0.29) is 11.4 Å². The summed E-state index contributed by atoms with van der Waals surface area (Å²) in [6.07, 6.45) is 5.94. The smallest absolute Gasteiger partial charge is 0.169 e. The van der Waals surface area contributed by atoms with Crippen LogP contribution < -0.4 is 4.74 Å². The Labute approximate surface area is 154 Å². The molecule has 3 heteroatoms. The number of ether oxygens (including phenoxy) is 2. The second kappa shape index (κ2) is 5.34. The zero-order chi connectivity index (χ0) is 17.2. The first kappa shape index (κ1) is 15.2. The molecule has 3 fully saturated rings. The summed E-state index contributed by atoms with van der Waals surface area (Å²) >= 11 is 0. The van der Waals surface area contributed by atoms with Crippen LogP contribution in [0.1, 0.15) is 49.1 Å². The number of nitrogens with zero attached hydrogens (tertiary/aromatic N) is 1. The Morgan fingerprint density at radius 1 is 0.962 bits per heavy atom. The van der Waals surface area contributed by atoms with Crippen molar-refractivity contribution >= 4 is 0 Å². The van der Waals surface area contributed by atoms with E-state index in [9.17, 15) is 0 Å². The molecule has 26 heavy (non-hydrogen) atoms. The van der Waals surface area contributed by atoms with Gasteiger partial charge in [-0.05, 0) is 30.4 Å². The van der Waals surface area contributed by atoms with E-state index < -0.39 is 0 Å². The van der Waals surface area contributed by atoms with Crippen molar-refractivity contribution in [3.8, 4) is 5.75 Å². The predicted molar refractivity (Wildman–Crippen MR) is 99.9 cm³/mol. The van der Waals surface area contributed by atoms with Crippen molar-refractivity contribution in [1.82, 2.24) is 4.90 Å². The van der Waals surface area contributed by atoms with E-state index in [4.69, 9.17) is 9.47 Å². The maximum Gasteiger partial charge on any atom is 0.169 e. The highest BCUT2D eigenvalue weighted by atomic mass is 16.6. The summed E-state index contributed by atoms with van der Waals surface area (Å²) in [5, 5.41) is 0. The zero-order valence-electron chi connectivity index (χ0n) is 15.1. The van der Waals surface area contributed by atoms with Gasteiger partial charge in [-0.15, -0.1) is 0 Å². The fraction of sp³-hybridized carbons (Fsp3) is 0.478. The van der Waals surface area contributed by atoms with Crippen LogP contribution in [0.15, 0.2) is 54.6 Å². The van der Waals surface area contributed by atoms with Crippen LogP contribution in [0.25, 0.3) is 0 Å². The van der Waals surface area contributed by atoms with Gasteiger partial charge in [0.15, 0.2) is 11.4 Å². The highest BCUT2D eigenvalue weighted by Gasteiger charge is 2.67. The Morgan fingerprint density at radius 3 is 2.73 bits per heavy atom. The number of para-hydroxylation sites is 1. The number of hydrogen-bond acceptors (Lipinski definition) is 3. The van der Waals surface area contributed by atoms with Gasteiger partial charge in [0.25, 0.3) is 0 Å². The Hall–Kier alpha value is -1.84. The third-order valence-corrected chi connectivity index (χ3v) is 7.23. The lowest BCUT2D eigenvalue weighted by atomic mass is 9.62. The molecule has 1 saturated carbocycles. The number of hydrogen-bond donors (Lipinski definition) is 0. The van der Waals surface area contributed by atoms with Gasteiger partial charge in [-0.1, -0.05) is 55.0 Å². The molecule has 2 saturated heterocycles. The summed E-state index contributed by atoms with van der Waals surface area (Å²) in [5.41, 5.74) is 2.15. The van der Waals surface area contributed by atoms with Gasteiger partial charge in [0.1, 0.15) is 5.75 Å². The van der Waals surface area contributed by atoms with Crippen LogP contribution in [0.2, 0.25) is 0 Å². The van der Waals surface area contributed by atoms with Crippen molar-refractivity contribution in [2.24, 2.45) is 5.92 Å². The van der Waals surface area contributed by atoms with Crippen LogP contribution in [0.4, 0.5) is 0 Å². The lowest BCUT2D eigenvalue weighted by Gasteiger charge is -2.63. The quantitative estimate of drug-likeness (QED) is 0.750. The van der Waals surface area contributed by atoms with E-state index in [2.05, 4.69) is 59.5 Å². The van der Waals surface area contributed by atoms with Gasteiger partial charge in [-0.3, -0.25) is 0 Å². The average molecular weight is 347 g/mol. The molecule has 0 unspecified atom stereocenters. The molecule has 2 aromatic carbocycles. The Kier molecular flexibility index (Phi) is 3.13. The summed E-state index contributed by atoms with van der Waals surface area (Å²) in [6, 6.07) is 19.7. The molecule has 134 valence electrons. The van der Waals surface area contributed by atoms with Gasteiger partial charge in [-0.2, -0.15) is 0 Å². The summed E-state index contributed by atoms with van der Waals surface area (Å²) in [5.74, 6) is 2.06. The Bertz CT molecular complexity index is 837. The van der Waals surface area contributed by atoms with E-state index in [1.165, 1.54) is 30.4 Å². The maximum absolute atomic E-state index is 6.90. The van der Waals surface area contributed by atoms with Gasteiger partial charge in [0.2, 0.25) is 0 Å². The third kappa shape index (κ3) is 1.80. The first-order valence-electron chi connectivity index (χ1n) is 10.1. The van der Waals surface area contributed by atoms with E-state index in [0.717, 1.165) is 31.7 Å². The number of rotatable bonds is 1. The summed E-state index contributed by atoms with van der Waals surface area (Å²) in [7, 11) is 0. The lowest BCUT2D eigenvalue weighted by molar-refractivity contribution is -0.281. The Morgan fingerprint density at radius 2 is 1.81 bits per heavy atom. The van der Waals surface area contributed by atoms with Crippen LogP contribution in [0.3, 0.4) is 0 Å². The van der Waals surface area contributed by atoms with Gasteiger partial charge < -0.3 is 9.47 Å². The number of fused-ring (bicyclic) bond motifs is 1. The van der Waals surface area contributed by atoms with Gasteiger partial charge in [0, 0.05) is 30.9 Å². The Balaban J connectivity index is 1.59. The summed E-state index contributed by atoms with van der Waals surface area (Å²) in [6.45, 7) is 1.78. The molecular formula is C23H25NO2. The number of benzene rings is 2. The van der Waals surface area contributed by atoms with Gasteiger partial charge in [0.05, 0.1) is 6.61 Å². The molecule has 1 spiro atoms. The van der Waals surface area contributed by atoms with Crippen molar-refractivity contribution in [3.05, 3.63) is 65.7 Å². The molecule has 0 aromatic heterocycles. The molecule has 3 heterocycles. The van der Waals surface area contributed by atoms with Gasteiger partial charge >= 0.3 is 0 Å². The molecule has 2 bridgehead atoms. The van der Waals surface area contributed by atoms with Crippen molar-refractivity contribution in [2.75, 3.05) is 13.2 Å². The molecule has 0 amide bonds. The van der Waals surface area contributed by atoms with E-state index in [0.29, 0.717) is 11.8 Å². The molecular weight excluding hydrogens is 322 g/mol. The summed E-state index contributed by atoms with van der Waals surface area (Å²) in [4.78, 5) is 2.60. The second-order valence-corrected chi connectivity index (χ2v) is 8.30. The molecule has 1 aliphatic carbocycles. The normalized spacial score (nSPS) is 38.0. The zero-order valence-corrected chi connectivity index (χ0v) is 15.1. The number of piperidine rings is 1. The minimum absolute atomic E-state index is 0.206. The van der Waals surface area contributed by atoms with E-state index in [1.54, 1.807) is 0 Å². The molecule has 0 radical (unpaired) electrons. The first-order chi connectivity index (χ1) is 12.8. The van der Waals surface area contributed by atoms with Crippen LogP contribution in [0, 0.1) is 5.92 Å². The van der Waals surface area contributed by atoms with Crippen molar-refractivity contribution in [2.45, 2.75) is 49.5 Å². The largest absolute Gasteiger partial charge is 0.472 e. The van der Waals surface area contributed by atoms with E-state index in [1.807, 2.05) is 0 Å². The molecule has 2 aromatic rings. The minimum Gasteiger partial charge on any atom is -0.472 e. The highest BCUT2D eigenvalue weighted by molar-refractivity contribution is 5.44. The fourth-order valence-corrected chi connectivity index (χ4v) is 6.31. The van der Waals surface area contributed by atoms with Crippen molar-refractivity contribution in [1.29, 1.82) is 0 Å². The van der Waals surface area contributed by atoms with Crippen LogP contribution in [0.5, 0.6) is 5.75 Å². The monoisotopic (exact) mass is 347 g/mol. The maximum atomic E-state index is 6.90. The molecule has 3 nitrogen and oxygen atoms in total. The SMILES string of the molecule is c1ccc([C@H]2C[C@@]34OCCN3[C@@]3(CCCC[C@H]23)Oc2ccccc24)cc1. The molecule has 0 N–H and O–H groups in total. The van der Waals surface area contributed by atoms with Gasteiger partial charge in [-0.25, -0.2) is 4.90 Å². The first-order valence-corrected chi connectivity index (χ1v) is 10.1. The average Bonchev–Trinajstić information content (AvgIpc) is 3.15. The summed E-state index contributed by atoms with van der Waals surface area (Å²) < 4.78 is 13.5. The predicted octanol–water partition coefficient (Wildman–Crippen LogP) is 4.64. The van der Waals surface area contributed by atoms with Crippen LogP contribution in [-0.2, 0) is 10.5 Å². The molecule has 3 aliphatic heterocycles. The van der Waals surface area contributed by atoms with Crippen LogP contribution in [-0.4, -0.2) is 23.8 Å². The fourth-order valence-electron chi connectivity index (χ4n) is 6.31. The van der Waals surface area contributed by atoms with Crippen LogP contribution >= 0.6 is 0 Å².